The van der Waals surface area contributed by atoms with Crippen LogP contribution in [0.15, 0.2) is 0 Å². The van der Waals surface area contributed by atoms with Crippen LogP contribution in [0.2, 0.25) is 0 Å². The Morgan fingerprint density at radius 2 is 2.14 bits per heavy atom. The van der Waals surface area contributed by atoms with Crippen LogP contribution in [0.3, 0.4) is 0 Å². The van der Waals surface area contributed by atoms with Gasteiger partial charge in [-0.15, -0.1) is 0 Å². The van der Waals surface area contributed by atoms with Crippen molar-refractivity contribution >= 4 is 5.97 Å². The van der Waals surface area contributed by atoms with E-state index >= 15 is 0 Å². The normalized spacial score (nSPS) is 28.6. The minimum Gasteiger partial charge on any atom is -0.458 e. The summed E-state index contributed by atoms with van der Waals surface area (Å²) in [6, 6.07) is 0.0567. The summed E-state index contributed by atoms with van der Waals surface area (Å²) in [5, 5.41) is 0. The molecule has 0 aliphatic carbocycles. The van der Waals surface area contributed by atoms with E-state index in [1.807, 2.05) is 20.8 Å². The molecule has 4 nitrogen and oxygen atoms in total. The maximum Gasteiger partial charge on any atom is 0.335 e. The lowest BCUT2D eigenvalue weighted by Crippen LogP contribution is -2.42. The average molecular weight is 201 g/mol. The van der Waals surface area contributed by atoms with Gasteiger partial charge in [-0.2, -0.15) is 0 Å². The van der Waals surface area contributed by atoms with Gasteiger partial charge in [0, 0.05) is 12.6 Å². The summed E-state index contributed by atoms with van der Waals surface area (Å²) in [6.07, 6.45) is 0.909. The van der Waals surface area contributed by atoms with E-state index in [9.17, 15) is 4.79 Å². The first-order valence-electron chi connectivity index (χ1n) is 4.98. The van der Waals surface area contributed by atoms with Crippen molar-refractivity contribution in [3.63, 3.8) is 0 Å². The SMILES string of the molecule is CC(C)(C)OC(=O)C1CC(N)CCO1. The predicted molar refractivity (Wildman–Crippen MR) is 52.8 cm³/mol. The highest BCUT2D eigenvalue weighted by Crippen LogP contribution is 2.16. The van der Waals surface area contributed by atoms with Crippen LogP contribution in [0.5, 0.6) is 0 Å². The smallest absolute Gasteiger partial charge is 0.335 e. The Balaban J connectivity index is 2.44. The molecule has 0 aromatic carbocycles. The Hall–Kier alpha value is -0.610. The van der Waals surface area contributed by atoms with E-state index in [1.165, 1.54) is 0 Å². The molecule has 0 saturated carbocycles. The van der Waals surface area contributed by atoms with Crippen molar-refractivity contribution in [1.29, 1.82) is 0 Å². The van der Waals surface area contributed by atoms with Gasteiger partial charge >= 0.3 is 5.97 Å². The molecule has 14 heavy (non-hydrogen) atoms. The van der Waals surface area contributed by atoms with Crippen molar-refractivity contribution in [3.05, 3.63) is 0 Å². The molecule has 1 saturated heterocycles. The van der Waals surface area contributed by atoms with Crippen molar-refractivity contribution in [2.45, 2.75) is 51.4 Å². The second-order valence-corrected chi connectivity index (χ2v) is 4.68. The molecule has 2 unspecified atom stereocenters. The highest BCUT2D eigenvalue weighted by Gasteiger charge is 2.30. The Morgan fingerprint density at radius 3 is 2.64 bits per heavy atom. The van der Waals surface area contributed by atoms with Gasteiger partial charge in [0.1, 0.15) is 5.60 Å². The van der Waals surface area contributed by atoms with Gasteiger partial charge < -0.3 is 15.2 Å². The fourth-order valence-electron chi connectivity index (χ4n) is 1.35. The fraction of sp³-hybridized carbons (Fsp3) is 0.900. The van der Waals surface area contributed by atoms with Crippen molar-refractivity contribution < 1.29 is 14.3 Å². The van der Waals surface area contributed by atoms with Crippen LogP contribution in [-0.4, -0.2) is 30.3 Å². The highest BCUT2D eigenvalue weighted by molar-refractivity contribution is 5.75. The molecule has 1 fully saturated rings. The summed E-state index contributed by atoms with van der Waals surface area (Å²) in [7, 11) is 0. The first kappa shape index (κ1) is 11.5. The topological polar surface area (TPSA) is 61.5 Å². The van der Waals surface area contributed by atoms with Crippen molar-refractivity contribution in [1.82, 2.24) is 0 Å². The summed E-state index contributed by atoms with van der Waals surface area (Å²) >= 11 is 0. The van der Waals surface area contributed by atoms with Gasteiger partial charge in [-0.05, 0) is 33.6 Å². The van der Waals surface area contributed by atoms with Gasteiger partial charge in [0.05, 0.1) is 0 Å². The van der Waals surface area contributed by atoms with Crippen LogP contribution in [-0.2, 0) is 14.3 Å². The van der Waals surface area contributed by atoms with Gasteiger partial charge in [0.15, 0.2) is 6.10 Å². The number of carbonyl (C=O) groups is 1. The largest absolute Gasteiger partial charge is 0.458 e. The monoisotopic (exact) mass is 201 g/mol. The van der Waals surface area contributed by atoms with E-state index in [2.05, 4.69) is 0 Å². The second kappa shape index (κ2) is 4.28. The highest BCUT2D eigenvalue weighted by atomic mass is 16.6. The summed E-state index contributed by atoms with van der Waals surface area (Å²) in [5.74, 6) is -0.298. The quantitative estimate of drug-likeness (QED) is 0.638. The van der Waals surface area contributed by atoms with Crippen LogP contribution >= 0.6 is 0 Å². The van der Waals surface area contributed by atoms with Gasteiger partial charge in [-0.3, -0.25) is 0 Å². The van der Waals surface area contributed by atoms with Crippen LogP contribution < -0.4 is 5.73 Å². The third kappa shape index (κ3) is 3.64. The zero-order valence-electron chi connectivity index (χ0n) is 9.08. The molecule has 0 radical (unpaired) electrons. The summed E-state index contributed by atoms with van der Waals surface area (Å²) < 4.78 is 10.5. The summed E-state index contributed by atoms with van der Waals surface area (Å²) in [5.41, 5.74) is 5.28. The van der Waals surface area contributed by atoms with Crippen molar-refractivity contribution in [3.8, 4) is 0 Å². The van der Waals surface area contributed by atoms with Crippen LogP contribution in [0.1, 0.15) is 33.6 Å². The van der Waals surface area contributed by atoms with Gasteiger partial charge in [-0.1, -0.05) is 0 Å². The maximum absolute atomic E-state index is 11.6. The molecule has 1 heterocycles. The molecule has 1 rings (SSSR count). The third-order valence-electron chi connectivity index (χ3n) is 1.99. The molecule has 0 aromatic heterocycles. The molecule has 0 aromatic rings. The van der Waals surface area contributed by atoms with Gasteiger partial charge in [-0.25, -0.2) is 4.79 Å². The van der Waals surface area contributed by atoms with E-state index in [4.69, 9.17) is 15.2 Å². The number of nitrogens with two attached hydrogens (primary N) is 1. The zero-order valence-corrected chi connectivity index (χ0v) is 9.08. The minimum atomic E-state index is -0.474. The second-order valence-electron chi connectivity index (χ2n) is 4.68. The number of esters is 1. The van der Waals surface area contributed by atoms with Gasteiger partial charge in [0.25, 0.3) is 0 Å². The van der Waals surface area contributed by atoms with Crippen molar-refractivity contribution in [2.75, 3.05) is 6.61 Å². The molecule has 0 spiro atoms. The number of carbonyl (C=O) groups excluding carboxylic acids is 1. The summed E-state index contributed by atoms with van der Waals surface area (Å²) in [6.45, 7) is 6.07. The molecule has 2 atom stereocenters. The molecule has 4 heteroatoms. The lowest BCUT2D eigenvalue weighted by molar-refractivity contribution is -0.171. The molecule has 0 amide bonds. The molecular formula is C10H19NO3. The maximum atomic E-state index is 11.6. The molecule has 1 aliphatic heterocycles. The zero-order chi connectivity index (χ0) is 10.8. The van der Waals surface area contributed by atoms with E-state index in [-0.39, 0.29) is 12.0 Å². The summed E-state index contributed by atoms with van der Waals surface area (Å²) in [4.78, 5) is 11.6. The first-order chi connectivity index (χ1) is 6.38. The Morgan fingerprint density at radius 1 is 1.50 bits per heavy atom. The van der Waals surface area contributed by atoms with E-state index in [0.717, 1.165) is 6.42 Å². The number of ether oxygens (including phenoxy) is 2. The molecule has 0 bridgehead atoms. The van der Waals surface area contributed by atoms with Crippen LogP contribution in [0, 0.1) is 0 Å². The predicted octanol–water partition coefficient (Wildman–Crippen LogP) is 0.834. The number of hydrogen-bond acceptors (Lipinski definition) is 4. The van der Waals surface area contributed by atoms with E-state index in [0.29, 0.717) is 13.0 Å². The molecule has 1 aliphatic rings. The average Bonchev–Trinajstić information content (AvgIpc) is 2.01. The lowest BCUT2D eigenvalue weighted by atomic mass is 10.0. The van der Waals surface area contributed by atoms with Crippen molar-refractivity contribution in [2.24, 2.45) is 5.73 Å². The van der Waals surface area contributed by atoms with Gasteiger partial charge in [0.2, 0.25) is 0 Å². The van der Waals surface area contributed by atoms with Crippen LogP contribution in [0.4, 0.5) is 0 Å². The molecule has 82 valence electrons. The number of hydrogen-bond donors (Lipinski definition) is 1. The number of rotatable bonds is 1. The Labute approximate surface area is 84.7 Å². The third-order valence-corrected chi connectivity index (χ3v) is 1.99. The minimum absolute atomic E-state index is 0.0567. The first-order valence-corrected chi connectivity index (χ1v) is 4.98. The lowest BCUT2D eigenvalue weighted by Gasteiger charge is -2.28. The Kier molecular flexibility index (Phi) is 3.50. The standard InChI is InChI=1S/C10H19NO3/c1-10(2,3)14-9(12)8-6-7(11)4-5-13-8/h7-8H,4-6,11H2,1-3H3. The van der Waals surface area contributed by atoms with Crippen LogP contribution in [0.25, 0.3) is 0 Å². The van der Waals surface area contributed by atoms with E-state index in [1.54, 1.807) is 0 Å². The molecule has 2 N–H and O–H groups in total. The Bertz CT molecular complexity index is 210. The fourth-order valence-corrected chi connectivity index (χ4v) is 1.35. The van der Waals surface area contributed by atoms with E-state index < -0.39 is 11.7 Å². The molecular weight excluding hydrogens is 182 g/mol.